The molecule has 3 amide bonds. The van der Waals surface area contributed by atoms with E-state index >= 15 is 0 Å². The van der Waals surface area contributed by atoms with Gasteiger partial charge < -0.3 is 10.1 Å². The zero-order valence-electron chi connectivity index (χ0n) is 18.1. The monoisotopic (exact) mass is 598 g/mol. The van der Waals surface area contributed by atoms with E-state index in [0.717, 1.165) is 0 Å². The molecule has 0 saturated carbocycles. The summed E-state index contributed by atoms with van der Waals surface area (Å²) >= 11 is 36.4. The summed E-state index contributed by atoms with van der Waals surface area (Å²) in [5.74, 6) is -3.60. The van der Waals surface area contributed by atoms with Crippen LogP contribution in [-0.2, 0) is 14.3 Å². The van der Waals surface area contributed by atoms with Gasteiger partial charge in [-0.2, -0.15) is 0 Å². The fourth-order valence-corrected chi connectivity index (χ4v) is 4.78. The van der Waals surface area contributed by atoms with Crippen molar-refractivity contribution in [2.24, 2.45) is 5.92 Å². The quantitative estimate of drug-likeness (QED) is 0.163. The number of imide groups is 1. The number of hydrogen-bond acceptors (Lipinski definition) is 5. The number of hydrogen-bond donors (Lipinski definition) is 1. The van der Waals surface area contributed by atoms with Gasteiger partial charge in [0.05, 0.1) is 47.0 Å². The Morgan fingerprint density at radius 1 is 0.886 bits per heavy atom. The molecule has 35 heavy (non-hydrogen) atoms. The van der Waals surface area contributed by atoms with Gasteiger partial charge in [-0.05, 0) is 24.5 Å². The van der Waals surface area contributed by atoms with Crippen molar-refractivity contribution < 1.29 is 23.9 Å². The second-order valence-electron chi connectivity index (χ2n) is 7.89. The molecule has 1 aliphatic rings. The van der Waals surface area contributed by atoms with Gasteiger partial charge in [0, 0.05) is 0 Å². The summed E-state index contributed by atoms with van der Waals surface area (Å²) in [6.45, 7) is 2.85. The van der Waals surface area contributed by atoms with E-state index in [1.807, 2.05) is 0 Å². The average Bonchev–Trinajstić information content (AvgIpc) is 3.06. The average molecular weight is 601 g/mol. The Morgan fingerprint density at radius 3 is 1.94 bits per heavy atom. The topological polar surface area (TPSA) is 92.8 Å². The number of carbonyl (C=O) groups excluding carboxylic acids is 4. The molecule has 0 aliphatic carbocycles. The lowest BCUT2D eigenvalue weighted by atomic mass is 10.0. The van der Waals surface area contributed by atoms with E-state index in [4.69, 9.17) is 74.3 Å². The molecule has 1 aliphatic heterocycles. The Bertz CT molecular complexity index is 1200. The van der Waals surface area contributed by atoms with Crippen molar-refractivity contribution in [2.75, 3.05) is 11.9 Å². The normalized spacial score (nSPS) is 13.8. The van der Waals surface area contributed by atoms with Crippen molar-refractivity contribution >= 4 is 99.0 Å². The van der Waals surface area contributed by atoms with Gasteiger partial charge in [-0.25, -0.2) is 4.79 Å². The van der Waals surface area contributed by atoms with Crippen LogP contribution in [0.25, 0.3) is 0 Å². The number of amides is 3. The summed E-state index contributed by atoms with van der Waals surface area (Å²) in [5.41, 5.74) is -0.297. The number of esters is 1. The SMILES string of the molecule is CC(C)CC(C(=O)OCC(=O)Nc1cccc(Cl)c1Cl)N1C(=O)c2c(Cl)c(Cl)c(Cl)c(Cl)c2C1=O. The first-order chi connectivity index (χ1) is 16.4. The lowest BCUT2D eigenvalue weighted by Crippen LogP contribution is -2.47. The molecule has 1 atom stereocenters. The third-order valence-corrected chi connectivity index (χ3v) is 7.60. The van der Waals surface area contributed by atoms with E-state index in [9.17, 15) is 19.2 Å². The summed E-state index contributed by atoms with van der Waals surface area (Å²) in [4.78, 5) is 52.3. The smallest absolute Gasteiger partial charge is 0.329 e. The summed E-state index contributed by atoms with van der Waals surface area (Å²) in [6.07, 6.45) is 0.0444. The molecule has 0 spiro atoms. The van der Waals surface area contributed by atoms with E-state index < -0.39 is 36.3 Å². The number of carbonyl (C=O) groups is 4. The van der Waals surface area contributed by atoms with Crippen LogP contribution >= 0.6 is 69.6 Å². The third kappa shape index (κ3) is 5.50. The number of halogens is 6. The zero-order chi connectivity index (χ0) is 26.2. The van der Waals surface area contributed by atoms with Crippen molar-refractivity contribution in [1.82, 2.24) is 4.90 Å². The van der Waals surface area contributed by atoms with Crippen molar-refractivity contribution in [2.45, 2.75) is 26.3 Å². The minimum Gasteiger partial charge on any atom is -0.454 e. The first-order valence-corrected chi connectivity index (χ1v) is 12.3. The fourth-order valence-electron chi connectivity index (χ4n) is 3.42. The van der Waals surface area contributed by atoms with Gasteiger partial charge in [0.25, 0.3) is 17.7 Å². The van der Waals surface area contributed by atoms with Gasteiger partial charge in [-0.15, -0.1) is 0 Å². The van der Waals surface area contributed by atoms with Crippen LogP contribution in [0.1, 0.15) is 41.0 Å². The maximum atomic E-state index is 13.2. The van der Waals surface area contributed by atoms with Gasteiger partial charge in [0.1, 0.15) is 6.04 Å². The van der Waals surface area contributed by atoms with Crippen molar-refractivity contribution in [3.05, 3.63) is 59.5 Å². The largest absolute Gasteiger partial charge is 0.454 e. The van der Waals surface area contributed by atoms with Crippen molar-refractivity contribution in [3.8, 4) is 0 Å². The summed E-state index contributed by atoms with van der Waals surface area (Å²) < 4.78 is 5.13. The molecule has 2 aromatic carbocycles. The van der Waals surface area contributed by atoms with E-state index in [1.54, 1.807) is 19.9 Å². The molecule has 2 aromatic rings. The Morgan fingerprint density at radius 2 is 1.43 bits per heavy atom. The Labute approximate surface area is 230 Å². The van der Waals surface area contributed by atoms with E-state index in [2.05, 4.69) is 5.32 Å². The molecule has 7 nitrogen and oxygen atoms in total. The van der Waals surface area contributed by atoms with Crippen LogP contribution in [-0.4, -0.2) is 41.2 Å². The minimum atomic E-state index is -1.37. The second-order valence-corrected chi connectivity index (χ2v) is 10.2. The lowest BCUT2D eigenvalue weighted by molar-refractivity contribution is -0.151. The van der Waals surface area contributed by atoms with Crippen LogP contribution < -0.4 is 5.32 Å². The lowest BCUT2D eigenvalue weighted by Gasteiger charge is -2.26. The predicted molar refractivity (Wildman–Crippen MR) is 136 cm³/mol. The molecule has 186 valence electrons. The number of nitrogens with one attached hydrogen (secondary N) is 1. The number of ether oxygens (including phenoxy) is 1. The predicted octanol–water partition coefficient (Wildman–Crippen LogP) is 6.80. The van der Waals surface area contributed by atoms with Gasteiger partial charge >= 0.3 is 5.97 Å². The number of fused-ring (bicyclic) bond motifs is 1. The third-order valence-electron chi connectivity index (χ3n) is 4.98. The molecule has 1 heterocycles. The molecule has 13 heteroatoms. The Hall–Kier alpha value is -1.74. The molecular formula is C22H16Cl6N2O5. The van der Waals surface area contributed by atoms with E-state index in [1.165, 1.54) is 12.1 Å². The molecule has 0 aromatic heterocycles. The Balaban J connectivity index is 1.83. The molecule has 3 rings (SSSR count). The first-order valence-electron chi connectivity index (χ1n) is 10.0. The highest BCUT2D eigenvalue weighted by molar-refractivity contribution is 6.55. The van der Waals surface area contributed by atoms with Crippen LogP contribution in [0.4, 0.5) is 5.69 Å². The summed E-state index contributed by atoms with van der Waals surface area (Å²) in [6, 6.07) is 3.26. The first kappa shape index (κ1) is 27.8. The van der Waals surface area contributed by atoms with Gasteiger partial charge in [-0.3, -0.25) is 19.3 Å². The van der Waals surface area contributed by atoms with Crippen molar-refractivity contribution in [1.29, 1.82) is 0 Å². The molecule has 0 radical (unpaired) electrons. The van der Waals surface area contributed by atoms with E-state index in [-0.39, 0.29) is 59.3 Å². The molecule has 0 saturated heterocycles. The maximum Gasteiger partial charge on any atom is 0.329 e. The van der Waals surface area contributed by atoms with Gasteiger partial charge in [-0.1, -0.05) is 89.5 Å². The number of nitrogens with zero attached hydrogens (tertiary/aromatic N) is 1. The molecular weight excluding hydrogens is 585 g/mol. The number of anilines is 1. The standard InChI is InChI=1S/C22H16Cl6N2O5/c1-8(2)6-11(22(34)35-7-12(31)29-10-5-3-4-9(23)15(10)24)30-20(32)13-14(21(30)33)17(26)19(28)18(27)16(13)25/h3-5,8,11H,6-7H2,1-2H3,(H,29,31). The van der Waals surface area contributed by atoms with Crippen molar-refractivity contribution in [3.63, 3.8) is 0 Å². The molecule has 0 fully saturated rings. The minimum absolute atomic E-state index is 0.0444. The number of benzene rings is 2. The summed E-state index contributed by atoms with van der Waals surface area (Å²) in [7, 11) is 0. The van der Waals surface area contributed by atoms with Crippen LogP contribution in [0.5, 0.6) is 0 Å². The summed E-state index contributed by atoms with van der Waals surface area (Å²) in [5, 5.41) is 1.90. The highest BCUT2D eigenvalue weighted by atomic mass is 35.5. The number of rotatable bonds is 7. The van der Waals surface area contributed by atoms with Gasteiger partial charge in [0.2, 0.25) is 0 Å². The molecule has 1 N–H and O–H groups in total. The van der Waals surface area contributed by atoms with Crippen LogP contribution in [0.2, 0.25) is 30.1 Å². The Kier molecular flexibility index (Phi) is 8.84. The van der Waals surface area contributed by atoms with Crippen LogP contribution in [0.15, 0.2) is 18.2 Å². The van der Waals surface area contributed by atoms with Gasteiger partial charge in [0.15, 0.2) is 6.61 Å². The molecule has 1 unspecified atom stereocenters. The van der Waals surface area contributed by atoms with Crippen LogP contribution in [0.3, 0.4) is 0 Å². The highest BCUT2D eigenvalue weighted by Crippen LogP contribution is 2.45. The maximum absolute atomic E-state index is 13.2. The highest BCUT2D eigenvalue weighted by Gasteiger charge is 2.47. The second kappa shape index (κ2) is 11.1. The zero-order valence-corrected chi connectivity index (χ0v) is 22.6. The fraction of sp³-hybridized carbons (Fsp3) is 0.273. The molecule has 0 bridgehead atoms. The van der Waals surface area contributed by atoms with Crippen LogP contribution in [0, 0.1) is 5.92 Å². The van der Waals surface area contributed by atoms with E-state index in [0.29, 0.717) is 4.90 Å².